The first kappa shape index (κ1) is 15.4. The summed E-state index contributed by atoms with van der Waals surface area (Å²) >= 11 is 0. The van der Waals surface area contributed by atoms with Crippen LogP contribution in [0.25, 0.3) is 0 Å². The van der Waals surface area contributed by atoms with E-state index >= 15 is 0 Å². The summed E-state index contributed by atoms with van der Waals surface area (Å²) in [6, 6.07) is 0. The molecule has 0 saturated carbocycles. The zero-order chi connectivity index (χ0) is 15.2. The van der Waals surface area contributed by atoms with E-state index < -0.39 is 0 Å². The van der Waals surface area contributed by atoms with Crippen LogP contribution in [-0.2, 0) is 11.3 Å². The SMILES string of the molecule is CCNC(=O)C1CCN(C(=O)c2cn(CCN)nn2)CC1. The molecule has 1 fully saturated rings. The molecule has 0 spiro atoms. The standard InChI is InChI=1S/C13H22N6O2/c1-2-15-12(20)10-3-6-18(7-4-10)13(21)11-9-19(8-5-14)17-16-11/h9-10H,2-8,14H2,1H3,(H,15,20). The monoisotopic (exact) mass is 294 g/mol. The van der Waals surface area contributed by atoms with Crippen LogP contribution in [0.3, 0.4) is 0 Å². The highest BCUT2D eigenvalue weighted by atomic mass is 16.2. The number of likely N-dealkylation sites (tertiary alicyclic amines) is 1. The molecule has 116 valence electrons. The quantitative estimate of drug-likeness (QED) is 0.741. The average Bonchev–Trinajstić information content (AvgIpc) is 2.96. The Kier molecular flexibility index (Phi) is 5.26. The van der Waals surface area contributed by atoms with Gasteiger partial charge >= 0.3 is 0 Å². The Labute approximate surface area is 123 Å². The Morgan fingerprint density at radius 1 is 1.43 bits per heavy atom. The van der Waals surface area contributed by atoms with E-state index in [9.17, 15) is 9.59 Å². The lowest BCUT2D eigenvalue weighted by Crippen LogP contribution is -2.43. The summed E-state index contributed by atoms with van der Waals surface area (Å²) in [7, 11) is 0. The van der Waals surface area contributed by atoms with Crippen LogP contribution < -0.4 is 11.1 Å². The first-order valence-corrected chi connectivity index (χ1v) is 7.33. The minimum atomic E-state index is -0.132. The molecule has 0 unspecified atom stereocenters. The Bertz CT molecular complexity index is 493. The summed E-state index contributed by atoms with van der Waals surface area (Å²) in [4.78, 5) is 25.8. The molecule has 2 heterocycles. The number of hydrogen-bond acceptors (Lipinski definition) is 5. The van der Waals surface area contributed by atoms with Gasteiger partial charge in [0.05, 0.1) is 12.7 Å². The molecule has 0 aromatic carbocycles. The third-order valence-electron chi connectivity index (χ3n) is 3.62. The third-order valence-corrected chi connectivity index (χ3v) is 3.62. The number of nitrogens with two attached hydrogens (primary N) is 1. The molecule has 1 saturated heterocycles. The van der Waals surface area contributed by atoms with Crippen molar-refractivity contribution in [2.45, 2.75) is 26.3 Å². The van der Waals surface area contributed by atoms with Gasteiger partial charge in [0.25, 0.3) is 5.91 Å². The van der Waals surface area contributed by atoms with Crippen molar-refractivity contribution >= 4 is 11.8 Å². The Morgan fingerprint density at radius 2 is 2.14 bits per heavy atom. The normalized spacial score (nSPS) is 16.0. The van der Waals surface area contributed by atoms with Crippen molar-refractivity contribution in [3.8, 4) is 0 Å². The Balaban J connectivity index is 1.89. The second kappa shape index (κ2) is 7.16. The van der Waals surface area contributed by atoms with Gasteiger partial charge in [-0.05, 0) is 19.8 Å². The van der Waals surface area contributed by atoms with Crippen LogP contribution in [-0.4, -0.2) is 57.9 Å². The van der Waals surface area contributed by atoms with Gasteiger partial charge in [-0.2, -0.15) is 0 Å². The first-order chi connectivity index (χ1) is 10.2. The van der Waals surface area contributed by atoms with E-state index in [4.69, 9.17) is 5.73 Å². The van der Waals surface area contributed by atoms with Gasteiger partial charge in [0.2, 0.25) is 5.91 Å². The highest BCUT2D eigenvalue weighted by molar-refractivity contribution is 5.92. The summed E-state index contributed by atoms with van der Waals surface area (Å²) in [5, 5.41) is 10.6. The van der Waals surface area contributed by atoms with Crippen LogP contribution in [0.1, 0.15) is 30.3 Å². The van der Waals surface area contributed by atoms with E-state index in [1.54, 1.807) is 15.8 Å². The zero-order valence-corrected chi connectivity index (χ0v) is 12.3. The van der Waals surface area contributed by atoms with Crippen molar-refractivity contribution in [2.75, 3.05) is 26.2 Å². The number of carbonyl (C=O) groups excluding carboxylic acids is 2. The molecule has 1 aromatic rings. The Morgan fingerprint density at radius 3 is 2.76 bits per heavy atom. The van der Waals surface area contributed by atoms with Crippen molar-refractivity contribution in [3.63, 3.8) is 0 Å². The van der Waals surface area contributed by atoms with Crippen molar-refractivity contribution in [1.29, 1.82) is 0 Å². The predicted molar refractivity (Wildman–Crippen MR) is 76.4 cm³/mol. The van der Waals surface area contributed by atoms with Gasteiger partial charge in [-0.3, -0.25) is 14.3 Å². The highest BCUT2D eigenvalue weighted by Crippen LogP contribution is 2.18. The fourth-order valence-electron chi connectivity index (χ4n) is 2.46. The maximum absolute atomic E-state index is 12.3. The fourth-order valence-corrected chi connectivity index (χ4v) is 2.46. The van der Waals surface area contributed by atoms with E-state index in [-0.39, 0.29) is 17.7 Å². The van der Waals surface area contributed by atoms with Crippen LogP contribution in [0.15, 0.2) is 6.20 Å². The Hall–Kier alpha value is -1.96. The van der Waals surface area contributed by atoms with Gasteiger partial charge < -0.3 is 16.0 Å². The summed E-state index contributed by atoms with van der Waals surface area (Å²) < 4.78 is 1.56. The third kappa shape index (κ3) is 3.78. The summed E-state index contributed by atoms with van der Waals surface area (Å²) in [5.74, 6) is -0.0481. The lowest BCUT2D eigenvalue weighted by molar-refractivity contribution is -0.126. The van der Waals surface area contributed by atoms with Crippen LogP contribution in [0.5, 0.6) is 0 Å². The molecule has 21 heavy (non-hydrogen) atoms. The van der Waals surface area contributed by atoms with Gasteiger partial charge in [0.1, 0.15) is 0 Å². The molecule has 3 N–H and O–H groups in total. The number of aromatic nitrogens is 3. The van der Waals surface area contributed by atoms with E-state index in [1.165, 1.54) is 0 Å². The van der Waals surface area contributed by atoms with Crippen molar-refractivity contribution in [1.82, 2.24) is 25.2 Å². The fraction of sp³-hybridized carbons (Fsp3) is 0.692. The molecule has 8 nitrogen and oxygen atoms in total. The number of carbonyl (C=O) groups is 2. The van der Waals surface area contributed by atoms with Gasteiger partial charge in [0, 0.05) is 32.1 Å². The van der Waals surface area contributed by atoms with Gasteiger partial charge in [-0.25, -0.2) is 0 Å². The van der Waals surface area contributed by atoms with Gasteiger partial charge in [-0.1, -0.05) is 5.21 Å². The van der Waals surface area contributed by atoms with Crippen molar-refractivity contribution in [2.24, 2.45) is 11.7 Å². The minimum absolute atomic E-state index is 0.00178. The number of rotatable bonds is 5. The molecule has 0 atom stereocenters. The summed E-state index contributed by atoms with van der Waals surface area (Å²) in [6.07, 6.45) is 2.99. The molecular formula is C13H22N6O2. The number of nitrogens with zero attached hydrogens (tertiary/aromatic N) is 4. The van der Waals surface area contributed by atoms with E-state index in [2.05, 4.69) is 15.6 Å². The molecule has 2 rings (SSSR count). The first-order valence-electron chi connectivity index (χ1n) is 7.33. The lowest BCUT2D eigenvalue weighted by atomic mass is 9.96. The largest absolute Gasteiger partial charge is 0.356 e. The van der Waals surface area contributed by atoms with Crippen LogP contribution >= 0.6 is 0 Å². The molecular weight excluding hydrogens is 272 g/mol. The molecule has 0 aliphatic carbocycles. The molecule has 8 heteroatoms. The maximum atomic E-state index is 12.3. The number of nitrogens with one attached hydrogen (secondary N) is 1. The lowest BCUT2D eigenvalue weighted by Gasteiger charge is -2.30. The molecule has 0 bridgehead atoms. The highest BCUT2D eigenvalue weighted by Gasteiger charge is 2.28. The number of amides is 2. The van der Waals surface area contributed by atoms with Crippen LogP contribution in [0.2, 0.25) is 0 Å². The van der Waals surface area contributed by atoms with Crippen LogP contribution in [0.4, 0.5) is 0 Å². The molecule has 1 aromatic heterocycles. The van der Waals surface area contributed by atoms with E-state index in [1.807, 2.05) is 6.92 Å². The zero-order valence-electron chi connectivity index (χ0n) is 12.3. The predicted octanol–water partition coefficient (Wildman–Crippen LogP) is -0.775. The summed E-state index contributed by atoms with van der Waals surface area (Å²) in [5.41, 5.74) is 5.77. The van der Waals surface area contributed by atoms with Crippen molar-refractivity contribution in [3.05, 3.63) is 11.9 Å². The smallest absolute Gasteiger partial charge is 0.276 e. The second-order valence-electron chi connectivity index (χ2n) is 5.12. The maximum Gasteiger partial charge on any atom is 0.276 e. The summed E-state index contributed by atoms with van der Waals surface area (Å²) in [6.45, 7) is 4.69. The van der Waals surface area contributed by atoms with E-state index in [0.717, 1.165) is 0 Å². The molecule has 0 radical (unpaired) electrons. The second-order valence-corrected chi connectivity index (χ2v) is 5.12. The topological polar surface area (TPSA) is 106 Å². The van der Waals surface area contributed by atoms with Crippen LogP contribution in [0, 0.1) is 5.92 Å². The minimum Gasteiger partial charge on any atom is -0.356 e. The molecule has 1 aliphatic heterocycles. The van der Waals surface area contributed by atoms with E-state index in [0.29, 0.717) is 51.3 Å². The van der Waals surface area contributed by atoms with Crippen molar-refractivity contribution < 1.29 is 9.59 Å². The average molecular weight is 294 g/mol. The van der Waals surface area contributed by atoms with Gasteiger partial charge in [-0.15, -0.1) is 5.10 Å². The number of hydrogen-bond donors (Lipinski definition) is 2. The number of piperidine rings is 1. The molecule has 1 aliphatic rings. The molecule has 2 amide bonds. The van der Waals surface area contributed by atoms with Gasteiger partial charge in [0.15, 0.2) is 5.69 Å².